The van der Waals surface area contributed by atoms with E-state index in [0.29, 0.717) is 12.3 Å². The van der Waals surface area contributed by atoms with Crippen LogP contribution in [0.1, 0.15) is 35.5 Å². The third kappa shape index (κ3) is 3.35. The van der Waals surface area contributed by atoms with Crippen LogP contribution in [0.4, 0.5) is 6.01 Å². The second-order valence-electron chi connectivity index (χ2n) is 5.42. The van der Waals surface area contributed by atoms with Crippen LogP contribution < -0.4 is 5.32 Å². The van der Waals surface area contributed by atoms with Gasteiger partial charge in [0.15, 0.2) is 0 Å². The second-order valence-corrected chi connectivity index (χ2v) is 6.62. The molecule has 0 aliphatic rings. The number of thiazole rings is 1. The maximum Gasteiger partial charge on any atom is 0.322 e. The Morgan fingerprint density at radius 2 is 2.00 bits per heavy atom. The van der Waals surface area contributed by atoms with E-state index in [1.165, 1.54) is 11.3 Å². The van der Waals surface area contributed by atoms with Crippen molar-refractivity contribution in [2.75, 3.05) is 5.32 Å². The average molecular weight is 342 g/mol. The number of hydrogen-bond donors (Lipinski definition) is 1. The van der Waals surface area contributed by atoms with Crippen LogP contribution in [0.3, 0.4) is 0 Å². The normalized spacial score (nSPS) is 12.1. The Morgan fingerprint density at radius 1 is 1.25 bits per heavy atom. The van der Waals surface area contributed by atoms with Crippen LogP contribution in [-0.2, 0) is 4.79 Å². The Kier molecular flexibility index (Phi) is 4.71. The highest BCUT2D eigenvalue weighted by Crippen LogP contribution is 2.29. The first-order valence-corrected chi connectivity index (χ1v) is 8.53. The molecule has 0 aliphatic heterocycles. The van der Waals surface area contributed by atoms with Gasteiger partial charge in [-0.15, -0.1) is 16.4 Å². The summed E-state index contributed by atoms with van der Waals surface area (Å²) in [4.78, 5) is 17.7. The van der Waals surface area contributed by atoms with Crippen LogP contribution in [0.25, 0.3) is 10.8 Å². The monoisotopic (exact) mass is 342 g/mol. The molecule has 0 radical (unpaired) electrons. The van der Waals surface area contributed by atoms with Crippen LogP contribution >= 0.6 is 11.3 Å². The molecule has 0 saturated carbocycles. The average Bonchev–Trinajstić information content (AvgIpc) is 3.15. The number of carbonyl (C=O) groups excluding carboxylic acids is 1. The Morgan fingerprint density at radius 3 is 2.62 bits per heavy atom. The maximum absolute atomic E-state index is 12.5. The van der Waals surface area contributed by atoms with E-state index in [1.807, 2.05) is 51.1 Å². The highest BCUT2D eigenvalue weighted by atomic mass is 32.1. The van der Waals surface area contributed by atoms with E-state index in [0.717, 1.165) is 21.1 Å². The van der Waals surface area contributed by atoms with Crippen molar-refractivity contribution in [1.29, 1.82) is 0 Å². The number of nitrogens with one attached hydrogen (secondary N) is 1. The molecule has 0 spiro atoms. The molecule has 1 unspecified atom stereocenters. The highest BCUT2D eigenvalue weighted by Gasteiger charge is 2.21. The molecule has 2 heterocycles. The molecule has 2 aromatic heterocycles. The van der Waals surface area contributed by atoms with Gasteiger partial charge < -0.3 is 4.42 Å². The molecule has 124 valence electrons. The summed E-state index contributed by atoms with van der Waals surface area (Å²) in [5.41, 5.74) is 1.81. The van der Waals surface area contributed by atoms with Crippen molar-refractivity contribution in [3.05, 3.63) is 46.6 Å². The second kappa shape index (κ2) is 6.92. The summed E-state index contributed by atoms with van der Waals surface area (Å²) in [6.07, 6.45) is 0.685. The molecule has 0 aliphatic carbocycles. The van der Waals surface area contributed by atoms with Crippen molar-refractivity contribution < 1.29 is 9.21 Å². The molecular weight excluding hydrogens is 324 g/mol. The summed E-state index contributed by atoms with van der Waals surface area (Å²) in [5, 5.41) is 11.6. The van der Waals surface area contributed by atoms with Crippen molar-refractivity contribution in [2.24, 2.45) is 0 Å². The van der Waals surface area contributed by atoms with Crippen LogP contribution in [0.2, 0.25) is 0 Å². The van der Waals surface area contributed by atoms with Gasteiger partial charge in [0, 0.05) is 0 Å². The fraction of sp³-hybridized carbons (Fsp3) is 0.294. The van der Waals surface area contributed by atoms with E-state index >= 15 is 0 Å². The summed E-state index contributed by atoms with van der Waals surface area (Å²) in [7, 11) is 0. The highest BCUT2D eigenvalue weighted by molar-refractivity contribution is 7.15. The molecule has 3 aromatic rings. The Bertz CT molecular complexity index is 841. The van der Waals surface area contributed by atoms with E-state index in [4.69, 9.17) is 4.42 Å². The molecular formula is C17H18N4O2S. The fourth-order valence-corrected chi connectivity index (χ4v) is 3.39. The lowest BCUT2D eigenvalue weighted by Gasteiger charge is -2.13. The van der Waals surface area contributed by atoms with Gasteiger partial charge in [0.05, 0.1) is 16.6 Å². The van der Waals surface area contributed by atoms with Crippen molar-refractivity contribution in [3.63, 3.8) is 0 Å². The molecule has 6 nitrogen and oxygen atoms in total. The van der Waals surface area contributed by atoms with Crippen LogP contribution in [0.15, 0.2) is 34.7 Å². The molecule has 0 saturated heterocycles. The minimum Gasteiger partial charge on any atom is -0.402 e. The number of amides is 1. The number of aromatic nitrogens is 3. The molecule has 1 atom stereocenters. The number of rotatable bonds is 5. The van der Waals surface area contributed by atoms with E-state index in [-0.39, 0.29) is 17.8 Å². The van der Waals surface area contributed by atoms with Crippen molar-refractivity contribution >= 4 is 23.3 Å². The zero-order chi connectivity index (χ0) is 17.1. The summed E-state index contributed by atoms with van der Waals surface area (Å²) >= 11 is 1.49. The first-order chi connectivity index (χ1) is 11.6. The number of aryl methyl sites for hydroxylation is 2. The Labute approximate surface area is 144 Å². The van der Waals surface area contributed by atoms with Gasteiger partial charge >= 0.3 is 6.01 Å². The fourth-order valence-electron chi connectivity index (χ4n) is 2.55. The van der Waals surface area contributed by atoms with Gasteiger partial charge in [-0.2, -0.15) is 0 Å². The third-order valence-electron chi connectivity index (χ3n) is 3.68. The first kappa shape index (κ1) is 16.3. The number of benzene rings is 1. The summed E-state index contributed by atoms with van der Waals surface area (Å²) < 4.78 is 5.58. The minimum atomic E-state index is -0.256. The number of hydrogen-bond acceptors (Lipinski definition) is 6. The van der Waals surface area contributed by atoms with Crippen LogP contribution in [0.5, 0.6) is 0 Å². The molecule has 7 heteroatoms. The first-order valence-electron chi connectivity index (χ1n) is 7.72. The largest absolute Gasteiger partial charge is 0.402 e. The molecule has 3 rings (SSSR count). The van der Waals surface area contributed by atoms with Crippen molar-refractivity contribution in [2.45, 2.75) is 33.1 Å². The van der Waals surface area contributed by atoms with E-state index in [1.54, 1.807) is 0 Å². The molecule has 1 N–H and O–H groups in total. The van der Waals surface area contributed by atoms with Crippen molar-refractivity contribution in [3.8, 4) is 10.8 Å². The number of nitrogens with zero attached hydrogens (tertiary/aromatic N) is 3. The SMILES string of the molecule is CCC(C(=O)Nc1nnc(-c2sc(C)nc2C)o1)c1ccccc1. The topological polar surface area (TPSA) is 80.9 Å². The van der Waals surface area contributed by atoms with Crippen molar-refractivity contribution in [1.82, 2.24) is 15.2 Å². The summed E-state index contributed by atoms with van der Waals surface area (Å²) in [5.74, 6) is -0.0359. The Balaban J connectivity index is 1.76. The minimum absolute atomic E-state index is 0.106. The summed E-state index contributed by atoms with van der Waals surface area (Å²) in [6.45, 7) is 5.79. The van der Waals surface area contributed by atoms with Gasteiger partial charge in [-0.25, -0.2) is 4.98 Å². The predicted octanol–water partition coefficient (Wildman–Crippen LogP) is 3.94. The molecule has 0 fully saturated rings. The van der Waals surface area contributed by atoms with Gasteiger partial charge in [-0.05, 0) is 25.8 Å². The smallest absolute Gasteiger partial charge is 0.322 e. The van der Waals surface area contributed by atoms with E-state index in [2.05, 4.69) is 20.5 Å². The standard InChI is InChI=1S/C17H18N4O2S/c1-4-13(12-8-6-5-7-9-12)15(22)19-17-21-20-16(23-17)14-10(2)18-11(3)24-14/h5-9,13H,4H2,1-3H3,(H,19,21,22). The lowest BCUT2D eigenvalue weighted by molar-refractivity contribution is -0.117. The molecule has 1 amide bonds. The molecule has 1 aromatic carbocycles. The van der Waals surface area contributed by atoms with Gasteiger partial charge in [-0.3, -0.25) is 10.1 Å². The van der Waals surface area contributed by atoms with Crippen LogP contribution in [0, 0.1) is 13.8 Å². The van der Waals surface area contributed by atoms with Gasteiger partial charge in [-0.1, -0.05) is 42.4 Å². The zero-order valence-electron chi connectivity index (χ0n) is 13.7. The third-order valence-corrected chi connectivity index (χ3v) is 4.74. The molecule has 24 heavy (non-hydrogen) atoms. The predicted molar refractivity (Wildman–Crippen MR) is 93.0 cm³/mol. The van der Waals surface area contributed by atoms with Crippen LogP contribution in [-0.4, -0.2) is 21.1 Å². The van der Waals surface area contributed by atoms with E-state index < -0.39 is 0 Å². The quantitative estimate of drug-likeness (QED) is 0.759. The van der Waals surface area contributed by atoms with Gasteiger partial charge in [0.2, 0.25) is 5.91 Å². The molecule has 0 bridgehead atoms. The maximum atomic E-state index is 12.5. The Hall–Kier alpha value is -2.54. The number of anilines is 1. The zero-order valence-corrected chi connectivity index (χ0v) is 14.6. The van der Waals surface area contributed by atoms with E-state index in [9.17, 15) is 4.79 Å². The summed E-state index contributed by atoms with van der Waals surface area (Å²) in [6, 6.07) is 9.76. The lowest BCUT2D eigenvalue weighted by Crippen LogP contribution is -2.20. The number of carbonyl (C=O) groups is 1. The lowest BCUT2D eigenvalue weighted by atomic mass is 9.96. The van der Waals surface area contributed by atoms with Gasteiger partial charge in [0.1, 0.15) is 4.88 Å². The van der Waals surface area contributed by atoms with Gasteiger partial charge in [0.25, 0.3) is 5.89 Å².